The van der Waals surface area contributed by atoms with E-state index in [1.165, 1.54) is 14.0 Å². The molecule has 1 unspecified atom stereocenters. The van der Waals surface area contributed by atoms with Crippen LogP contribution in [-0.2, 0) is 9.53 Å². The number of benzene rings is 1. The average molecular weight is 303 g/mol. The summed E-state index contributed by atoms with van der Waals surface area (Å²) >= 11 is 0. The third-order valence-electron chi connectivity index (χ3n) is 3.02. The molecule has 0 saturated carbocycles. The molecule has 1 aromatic rings. The van der Waals surface area contributed by atoms with Crippen LogP contribution in [0.4, 0.5) is 13.2 Å². The molecule has 0 saturated heterocycles. The van der Waals surface area contributed by atoms with Crippen LogP contribution in [0, 0.1) is 17.5 Å². The minimum absolute atomic E-state index is 0.275. The van der Waals surface area contributed by atoms with E-state index in [2.05, 4.69) is 10.1 Å². The van der Waals surface area contributed by atoms with Crippen LogP contribution in [0.15, 0.2) is 12.1 Å². The number of ether oxygens (including phenoxy) is 1. The largest absolute Gasteiger partial charge is 0.467 e. The minimum Gasteiger partial charge on any atom is -0.467 e. The molecule has 1 amide bonds. The van der Waals surface area contributed by atoms with E-state index in [0.29, 0.717) is 18.6 Å². The fourth-order valence-corrected chi connectivity index (χ4v) is 1.95. The maximum atomic E-state index is 13.1. The second kappa shape index (κ2) is 6.60. The van der Waals surface area contributed by atoms with Crippen LogP contribution >= 0.6 is 0 Å². The maximum absolute atomic E-state index is 13.1. The Bertz CT molecular complexity index is 539. The van der Waals surface area contributed by atoms with Crippen molar-refractivity contribution < 1.29 is 27.5 Å². The Labute approximate surface area is 120 Å². The molecule has 0 bridgehead atoms. The summed E-state index contributed by atoms with van der Waals surface area (Å²) in [6.07, 6.45) is 0.843. The fourth-order valence-electron chi connectivity index (χ4n) is 1.95. The highest BCUT2D eigenvalue weighted by atomic mass is 19.2. The molecule has 1 N–H and O–H groups in total. The molecule has 0 aliphatic rings. The van der Waals surface area contributed by atoms with Crippen molar-refractivity contribution in [3.63, 3.8) is 0 Å². The van der Waals surface area contributed by atoms with Crippen molar-refractivity contribution in [1.82, 2.24) is 5.32 Å². The first-order valence-electron chi connectivity index (χ1n) is 6.30. The second-order valence-electron chi connectivity index (χ2n) is 4.78. The highest BCUT2D eigenvalue weighted by Crippen LogP contribution is 2.18. The van der Waals surface area contributed by atoms with Crippen molar-refractivity contribution in [3.05, 3.63) is 35.1 Å². The second-order valence-corrected chi connectivity index (χ2v) is 4.78. The van der Waals surface area contributed by atoms with Crippen molar-refractivity contribution in [2.75, 3.05) is 7.11 Å². The molecule has 116 valence electrons. The molecular formula is C14H16F3NO3. The van der Waals surface area contributed by atoms with Gasteiger partial charge in [-0.2, -0.15) is 0 Å². The van der Waals surface area contributed by atoms with Gasteiger partial charge in [0.1, 0.15) is 5.54 Å². The number of hydrogen-bond donors (Lipinski definition) is 1. The topological polar surface area (TPSA) is 55.4 Å². The lowest BCUT2D eigenvalue weighted by Gasteiger charge is -2.27. The number of methoxy groups -OCH3 is 1. The molecule has 7 heteroatoms. The van der Waals surface area contributed by atoms with Gasteiger partial charge in [-0.15, -0.1) is 0 Å². The van der Waals surface area contributed by atoms with Crippen molar-refractivity contribution in [2.45, 2.75) is 32.2 Å². The molecule has 21 heavy (non-hydrogen) atoms. The van der Waals surface area contributed by atoms with E-state index < -0.39 is 40.4 Å². The van der Waals surface area contributed by atoms with Crippen LogP contribution in [0.2, 0.25) is 0 Å². The Morgan fingerprint density at radius 1 is 1.24 bits per heavy atom. The van der Waals surface area contributed by atoms with Crippen LogP contribution in [-0.4, -0.2) is 24.5 Å². The van der Waals surface area contributed by atoms with Gasteiger partial charge in [-0.25, -0.2) is 18.0 Å². The first kappa shape index (κ1) is 17.0. The zero-order chi connectivity index (χ0) is 16.2. The summed E-state index contributed by atoms with van der Waals surface area (Å²) in [6, 6.07) is 1.13. The molecule has 0 heterocycles. The molecule has 0 aliphatic heterocycles. The zero-order valence-corrected chi connectivity index (χ0v) is 11.9. The monoisotopic (exact) mass is 303 g/mol. The SMILES string of the molecule is CCCC(C)(NC(=O)c1cc(F)c(F)c(F)c1)C(=O)OC. The number of hydrogen-bond acceptors (Lipinski definition) is 3. The van der Waals surface area contributed by atoms with Gasteiger partial charge < -0.3 is 10.1 Å². The minimum atomic E-state index is -1.66. The maximum Gasteiger partial charge on any atom is 0.331 e. The summed E-state index contributed by atoms with van der Waals surface area (Å²) in [4.78, 5) is 23.7. The standard InChI is InChI=1S/C14H16F3NO3/c1-4-5-14(2,13(20)21-3)18-12(19)8-6-9(15)11(17)10(16)7-8/h6-7H,4-5H2,1-3H3,(H,18,19). The fraction of sp³-hybridized carbons (Fsp3) is 0.429. The van der Waals surface area contributed by atoms with E-state index in [4.69, 9.17) is 0 Å². The summed E-state index contributed by atoms with van der Waals surface area (Å²) in [5.41, 5.74) is -1.75. The molecule has 0 aromatic heterocycles. The van der Waals surface area contributed by atoms with Crippen LogP contribution in [0.1, 0.15) is 37.0 Å². The van der Waals surface area contributed by atoms with Gasteiger partial charge in [0.25, 0.3) is 5.91 Å². The molecule has 0 fully saturated rings. The molecule has 4 nitrogen and oxygen atoms in total. The van der Waals surface area contributed by atoms with Crippen molar-refractivity contribution in [2.24, 2.45) is 0 Å². The van der Waals surface area contributed by atoms with E-state index in [0.717, 1.165) is 0 Å². The lowest BCUT2D eigenvalue weighted by atomic mass is 9.95. The third-order valence-corrected chi connectivity index (χ3v) is 3.02. The Hall–Kier alpha value is -2.05. The lowest BCUT2D eigenvalue weighted by molar-refractivity contribution is -0.147. The Morgan fingerprint density at radius 2 is 1.76 bits per heavy atom. The van der Waals surface area contributed by atoms with Crippen LogP contribution in [0.25, 0.3) is 0 Å². The predicted molar refractivity (Wildman–Crippen MR) is 69.1 cm³/mol. The molecular weight excluding hydrogens is 287 g/mol. The summed E-state index contributed by atoms with van der Waals surface area (Å²) in [5.74, 6) is -6.18. The average Bonchev–Trinajstić information content (AvgIpc) is 2.43. The van der Waals surface area contributed by atoms with E-state index in [1.54, 1.807) is 6.92 Å². The number of amides is 1. The first-order valence-corrected chi connectivity index (χ1v) is 6.30. The van der Waals surface area contributed by atoms with Gasteiger partial charge in [0, 0.05) is 5.56 Å². The number of carbonyl (C=O) groups is 2. The summed E-state index contributed by atoms with van der Waals surface area (Å²) < 4.78 is 43.7. The number of esters is 1. The van der Waals surface area contributed by atoms with Crippen LogP contribution in [0.5, 0.6) is 0 Å². The van der Waals surface area contributed by atoms with Crippen LogP contribution in [0.3, 0.4) is 0 Å². The number of nitrogens with one attached hydrogen (secondary N) is 1. The van der Waals surface area contributed by atoms with Gasteiger partial charge in [0.15, 0.2) is 17.5 Å². The molecule has 1 atom stereocenters. The van der Waals surface area contributed by atoms with Crippen molar-refractivity contribution in [1.29, 1.82) is 0 Å². The van der Waals surface area contributed by atoms with Crippen molar-refractivity contribution in [3.8, 4) is 0 Å². The van der Waals surface area contributed by atoms with E-state index in [-0.39, 0.29) is 6.42 Å². The number of rotatable bonds is 5. The Kier molecular flexibility index (Phi) is 5.34. The molecule has 0 radical (unpaired) electrons. The quantitative estimate of drug-likeness (QED) is 0.672. The van der Waals surface area contributed by atoms with E-state index >= 15 is 0 Å². The summed E-state index contributed by atoms with van der Waals surface area (Å²) in [5, 5.41) is 2.37. The number of carbonyl (C=O) groups excluding carboxylic acids is 2. The molecule has 1 aromatic carbocycles. The van der Waals surface area contributed by atoms with Gasteiger partial charge in [0.2, 0.25) is 0 Å². The Morgan fingerprint density at radius 3 is 2.19 bits per heavy atom. The van der Waals surface area contributed by atoms with Gasteiger partial charge in [0.05, 0.1) is 7.11 Å². The van der Waals surface area contributed by atoms with Gasteiger partial charge in [-0.1, -0.05) is 13.3 Å². The van der Waals surface area contributed by atoms with Gasteiger partial charge in [-0.3, -0.25) is 4.79 Å². The normalized spacial score (nSPS) is 13.4. The predicted octanol–water partition coefficient (Wildman–Crippen LogP) is 2.57. The van der Waals surface area contributed by atoms with Gasteiger partial charge >= 0.3 is 5.97 Å². The highest BCUT2D eigenvalue weighted by molar-refractivity contribution is 5.98. The molecule has 0 aliphatic carbocycles. The Balaban J connectivity index is 3.05. The summed E-state index contributed by atoms with van der Waals surface area (Å²) in [6.45, 7) is 3.24. The summed E-state index contributed by atoms with van der Waals surface area (Å²) in [7, 11) is 1.17. The zero-order valence-electron chi connectivity index (χ0n) is 11.9. The van der Waals surface area contributed by atoms with E-state index in [1.807, 2.05) is 0 Å². The molecule has 0 spiro atoms. The van der Waals surface area contributed by atoms with Gasteiger partial charge in [-0.05, 0) is 25.5 Å². The lowest BCUT2D eigenvalue weighted by Crippen LogP contribution is -2.52. The van der Waals surface area contributed by atoms with Crippen molar-refractivity contribution >= 4 is 11.9 Å². The molecule has 1 rings (SSSR count). The first-order chi connectivity index (χ1) is 9.75. The highest BCUT2D eigenvalue weighted by Gasteiger charge is 2.35. The van der Waals surface area contributed by atoms with E-state index in [9.17, 15) is 22.8 Å². The number of halogens is 3. The third kappa shape index (κ3) is 3.74. The van der Waals surface area contributed by atoms with Crippen LogP contribution < -0.4 is 5.32 Å². The smallest absolute Gasteiger partial charge is 0.331 e.